The zero-order chi connectivity index (χ0) is 30.8. The fourth-order valence-electron chi connectivity index (χ4n) is 7.42. The van der Waals surface area contributed by atoms with Crippen LogP contribution in [0.25, 0.3) is 72.1 Å². The van der Waals surface area contributed by atoms with Crippen LogP contribution in [0.2, 0.25) is 0 Å². The summed E-state index contributed by atoms with van der Waals surface area (Å²) in [5, 5.41) is 2.51. The van der Waals surface area contributed by atoms with Crippen molar-refractivity contribution in [2.75, 3.05) is 0 Å². The van der Waals surface area contributed by atoms with Gasteiger partial charge in [0.25, 0.3) is 0 Å². The number of aromatic nitrogens is 2. The van der Waals surface area contributed by atoms with Gasteiger partial charge in [0.2, 0.25) is 0 Å². The topological polar surface area (TPSA) is 17.8 Å². The molecule has 0 saturated heterocycles. The van der Waals surface area contributed by atoms with Gasteiger partial charge in [0, 0.05) is 48.2 Å². The van der Waals surface area contributed by atoms with Gasteiger partial charge in [0.15, 0.2) is 0 Å². The van der Waals surface area contributed by atoms with E-state index in [-0.39, 0.29) is 25.5 Å². The Hall–Kier alpha value is -5.08. The molecule has 2 heterocycles. The zero-order valence-electron chi connectivity index (χ0n) is 26.2. The molecule has 0 N–H and O–H groups in total. The van der Waals surface area contributed by atoms with Gasteiger partial charge in [-0.05, 0) is 87.1 Å². The van der Waals surface area contributed by atoms with E-state index in [1.807, 2.05) is 30.5 Å². The van der Waals surface area contributed by atoms with Crippen LogP contribution in [0.15, 0.2) is 152 Å². The Labute approximate surface area is 288 Å². The molecule has 9 rings (SSSR count). The van der Waals surface area contributed by atoms with Crippen molar-refractivity contribution in [2.24, 2.45) is 0 Å². The van der Waals surface area contributed by atoms with E-state index >= 15 is 0 Å². The van der Waals surface area contributed by atoms with E-state index in [4.69, 9.17) is 0 Å². The molecular formula is C44H31IrN2-. The van der Waals surface area contributed by atoms with Crippen LogP contribution in [-0.4, -0.2) is 9.55 Å². The van der Waals surface area contributed by atoms with E-state index < -0.39 is 0 Å². The Kier molecular flexibility index (Phi) is 7.06. The van der Waals surface area contributed by atoms with Crippen molar-refractivity contribution in [3.8, 4) is 50.3 Å². The van der Waals surface area contributed by atoms with E-state index in [1.165, 1.54) is 60.8 Å². The smallest absolute Gasteiger partial charge is 0.0544 e. The molecule has 0 aliphatic heterocycles. The quantitative estimate of drug-likeness (QED) is 0.163. The predicted octanol–water partition coefficient (Wildman–Crippen LogP) is 11.3. The molecule has 0 unspecified atom stereocenters. The van der Waals surface area contributed by atoms with E-state index in [2.05, 4.69) is 151 Å². The van der Waals surface area contributed by atoms with Crippen LogP contribution in [0, 0.1) is 6.07 Å². The van der Waals surface area contributed by atoms with Crippen LogP contribution in [0.3, 0.4) is 0 Å². The first kappa shape index (κ1) is 29.3. The second-order valence-electron chi connectivity index (χ2n) is 12.8. The number of hydrogen-bond donors (Lipinski definition) is 0. The molecule has 1 aliphatic carbocycles. The van der Waals surface area contributed by atoms with E-state index in [9.17, 15) is 0 Å². The Bertz CT molecular complexity index is 2420. The molecule has 2 aromatic heterocycles. The van der Waals surface area contributed by atoms with Gasteiger partial charge in [-0.25, -0.2) is 0 Å². The van der Waals surface area contributed by atoms with Gasteiger partial charge >= 0.3 is 0 Å². The van der Waals surface area contributed by atoms with E-state index in [0.29, 0.717) is 0 Å². The summed E-state index contributed by atoms with van der Waals surface area (Å²) in [6.07, 6.45) is 1.83. The fraction of sp³-hybridized carbons (Fsp3) is 0.0682. The maximum atomic E-state index is 4.57. The first-order chi connectivity index (χ1) is 22.6. The molecule has 0 fully saturated rings. The summed E-state index contributed by atoms with van der Waals surface area (Å²) >= 11 is 0. The largest absolute Gasteiger partial charge is 0.309 e. The fourth-order valence-corrected chi connectivity index (χ4v) is 7.42. The number of nitrogens with zero attached hydrogens (tertiary/aromatic N) is 2. The molecule has 3 heteroatoms. The van der Waals surface area contributed by atoms with Gasteiger partial charge in [-0.15, -0.1) is 35.4 Å². The van der Waals surface area contributed by atoms with Gasteiger partial charge in [0.1, 0.15) is 0 Å². The van der Waals surface area contributed by atoms with Crippen molar-refractivity contribution < 1.29 is 20.1 Å². The third kappa shape index (κ3) is 4.69. The first-order valence-corrected chi connectivity index (χ1v) is 15.9. The average Bonchev–Trinajstić information content (AvgIpc) is 3.56. The molecule has 2 nitrogen and oxygen atoms in total. The minimum absolute atomic E-state index is 0. The van der Waals surface area contributed by atoms with Crippen LogP contribution in [0.5, 0.6) is 0 Å². The van der Waals surface area contributed by atoms with Crippen molar-refractivity contribution >= 4 is 21.8 Å². The van der Waals surface area contributed by atoms with Gasteiger partial charge in [-0.1, -0.05) is 98.8 Å². The van der Waals surface area contributed by atoms with Crippen molar-refractivity contribution in [1.82, 2.24) is 9.55 Å². The summed E-state index contributed by atoms with van der Waals surface area (Å²) in [5.41, 5.74) is 15.7. The molecule has 8 aromatic rings. The molecule has 0 spiro atoms. The number of rotatable bonds is 4. The number of hydrogen-bond acceptors (Lipinski definition) is 1. The summed E-state index contributed by atoms with van der Waals surface area (Å²) in [6.45, 7) is 4.71. The van der Waals surface area contributed by atoms with Crippen molar-refractivity contribution in [1.29, 1.82) is 0 Å². The standard InChI is InChI=1S/C44H31N2.Ir/c1-44(2)39-16-7-6-15-35(39)36-27-38-37-26-32(31-13-10-14-33(25-31)41-17-8-9-24-45-41)20-23-42(37)46(43(38)28-40(36)44)34-21-18-30(19-22-34)29-11-4-3-5-12-29;/h3-13,15-28H,1-2H3;/q-1;. The second-order valence-corrected chi connectivity index (χ2v) is 12.8. The molecule has 0 bridgehead atoms. The van der Waals surface area contributed by atoms with Crippen molar-refractivity contribution in [3.63, 3.8) is 0 Å². The van der Waals surface area contributed by atoms with Crippen LogP contribution in [0.4, 0.5) is 0 Å². The summed E-state index contributed by atoms with van der Waals surface area (Å²) in [4.78, 5) is 4.57. The number of fused-ring (bicyclic) bond motifs is 6. The average molecular weight is 780 g/mol. The first-order valence-electron chi connectivity index (χ1n) is 15.9. The maximum Gasteiger partial charge on any atom is 0.0544 e. The molecule has 6 aromatic carbocycles. The van der Waals surface area contributed by atoms with Gasteiger partial charge in [0.05, 0.1) is 11.0 Å². The molecule has 0 saturated carbocycles. The maximum absolute atomic E-state index is 4.57. The minimum Gasteiger partial charge on any atom is -0.309 e. The summed E-state index contributed by atoms with van der Waals surface area (Å²) < 4.78 is 2.45. The number of pyridine rings is 1. The predicted molar refractivity (Wildman–Crippen MR) is 191 cm³/mol. The van der Waals surface area contributed by atoms with Crippen LogP contribution < -0.4 is 0 Å². The molecule has 1 radical (unpaired) electrons. The van der Waals surface area contributed by atoms with Gasteiger partial charge in [-0.3, -0.25) is 0 Å². The Balaban J connectivity index is 0.00000324. The van der Waals surface area contributed by atoms with Crippen molar-refractivity contribution in [2.45, 2.75) is 19.3 Å². The molecular weight excluding hydrogens is 749 g/mol. The van der Waals surface area contributed by atoms with Crippen LogP contribution >= 0.6 is 0 Å². The molecule has 0 atom stereocenters. The monoisotopic (exact) mass is 780 g/mol. The van der Waals surface area contributed by atoms with E-state index in [1.54, 1.807) is 0 Å². The minimum atomic E-state index is -0.0772. The molecule has 1 aliphatic rings. The summed E-state index contributed by atoms with van der Waals surface area (Å²) in [7, 11) is 0. The Morgan fingerprint density at radius 3 is 2.06 bits per heavy atom. The number of benzene rings is 6. The Morgan fingerprint density at radius 2 is 1.26 bits per heavy atom. The second kappa shape index (κ2) is 11.3. The SMILES string of the molecule is CC1(C)c2ccccc2-c2cc3c4cc(-c5cc[c-]c(-c6ccccn6)c5)ccc4n(-c4ccc(-c5ccccc5)cc4)c3cc21.[Ir]. The van der Waals surface area contributed by atoms with E-state index in [0.717, 1.165) is 22.5 Å². The molecule has 47 heavy (non-hydrogen) atoms. The van der Waals surface area contributed by atoms with Crippen LogP contribution in [-0.2, 0) is 25.5 Å². The van der Waals surface area contributed by atoms with Crippen molar-refractivity contribution in [3.05, 3.63) is 169 Å². The zero-order valence-corrected chi connectivity index (χ0v) is 28.6. The van der Waals surface area contributed by atoms with Gasteiger partial charge in [-0.2, -0.15) is 0 Å². The molecule has 0 amide bonds. The summed E-state index contributed by atoms with van der Waals surface area (Å²) in [5.74, 6) is 0. The molecule has 227 valence electrons. The Morgan fingerprint density at radius 1 is 0.553 bits per heavy atom. The third-order valence-electron chi connectivity index (χ3n) is 9.78. The third-order valence-corrected chi connectivity index (χ3v) is 9.78. The normalized spacial score (nSPS) is 12.9. The van der Waals surface area contributed by atoms with Gasteiger partial charge < -0.3 is 9.55 Å². The summed E-state index contributed by atoms with van der Waals surface area (Å²) in [6, 6.07) is 56.0. The van der Waals surface area contributed by atoms with Crippen LogP contribution in [0.1, 0.15) is 25.0 Å².